The van der Waals surface area contributed by atoms with Gasteiger partial charge in [0.1, 0.15) is 6.04 Å². The third-order valence-electron chi connectivity index (χ3n) is 3.66. The molecule has 0 aromatic heterocycles. The van der Waals surface area contributed by atoms with Crippen molar-refractivity contribution in [3.05, 3.63) is 35.4 Å². The summed E-state index contributed by atoms with van der Waals surface area (Å²) in [7, 11) is 0. The van der Waals surface area contributed by atoms with Crippen LogP contribution in [-0.4, -0.2) is 39.1 Å². The van der Waals surface area contributed by atoms with Crippen molar-refractivity contribution < 1.29 is 14.7 Å². The van der Waals surface area contributed by atoms with Crippen molar-refractivity contribution in [1.82, 2.24) is 4.90 Å². The van der Waals surface area contributed by atoms with Crippen molar-refractivity contribution >= 4 is 23.6 Å². The van der Waals surface area contributed by atoms with Crippen LogP contribution in [0, 0.1) is 12.8 Å². The Morgan fingerprint density at radius 1 is 1.38 bits per heavy atom. The van der Waals surface area contributed by atoms with Gasteiger partial charge in [-0.15, -0.1) is 11.8 Å². The van der Waals surface area contributed by atoms with Gasteiger partial charge in [-0.2, -0.15) is 0 Å². The Balaban J connectivity index is 2.32. The molecule has 0 bridgehead atoms. The van der Waals surface area contributed by atoms with E-state index in [9.17, 15) is 14.7 Å². The molecule has 1 aliphatic rings. The Bertz CT molecular complexity index is 544. The Labute approximate surface area is 129 Å². The summed E-state index contributed by atoms with van der Waals surface area (Å²) >= 11 is 1.57. The van der Waals surface area contributed by atoms with Crippen LogP contribution in [0.5, 0.6) is 0 Å². The number of hydrogen-bond donors (Lipinski definition) is 1. The zero-order chi connectivity index (χ0) is 15.6. The molecule has 2 atom stereocenters. The van der Waals surface area contributed by atoms with E-state index in [1.165, 1.54) is 0 Å². The van der Waals surface area contributed by atoms with Crippen LogP contribution < -0.4 is 0 Å². The number of rotatable bonds is 4. The fourth-order valence-electron chi connectivity index (χ4n) is 2.56. The van der Waals surface area contributed by atoms with E-state index in [1.807, 2.05) is 25.1 Å². The van der Waals surface area contributed by atoms with E-state index in [2.05, 4.69) is 13.8 Å². The predicted octanol–water partition coefficient (Wildman–Crippen LogP) is 3.01. The second-order valence-corrected chi connectivity index (χ2v) is 7.01. The molecule has 2 rings (SSSR count). The van der Waals surface area contributed by atoms with Crippen LogP contribution in [0.1, 0.15) is 36.2 Å². The van der Waals surface area contributed by atoms with Gasteiger partial charge < -0.3 is 10.0 Å². The van der Waals surface area contributed by atoms with Crippen molar-refractivity contribution in [2.24, 2.45) is 5.92 Å². The lowest BCUT2D eigenvalue weighted by atomic mass is 10.0. The van der Waals surface area contributed by atoms with E-state index in [4.69, 9.17) is 0 Å². The molecular formula is C16H21NO3S. The number of aryl methyl sites for hydroxylation is 1. The van der Waals surface area contributed by atoms with Crippen LogP contribution in [0.25, 0.3) is 0 Å². The second-order valence-electron chi connectivity index (χ2n) is 5.80. The molecule has 4 nitrogen and oxygen atoms in total. The number of carbonyl (C=O) groups is 2. The van der Waals surface area contributed by atoms with Crippen LogP contribution in [0.4, 0.5) is 0 Å². The number of thioether (sulfide) groups is 1. The first-order valence-electron chi connectivity index (χ1n) is 7.14. The lowest BCUT2D eigenvalue weighted by Crippen LogP contribution is -2.46. The first-order chi connectivity index (χ1) is 9.91. The molecule has 1 amide bonds. The van der Waals surface area contributed by atoms with Gasteiger partial charge in [-0.3, -0.25) is 4.79 Å². The minimum Gasteiger partial charge on any atom is -0.480 e. The summed E-state index contributed by atoms with van der Waals surface area (Å²) in [6.45, 7) is 6.06. The molecule has 0 radical (unpaired) electrons. The first kappa shape index (κ1) is 15.9. The number of benzene rings is 1. The van der Waals surface area contributed by atoms with Gasteiger partial charge in [0.15, 0.2) is 0 Å². The third-order valence-corrected chi connectivity index (χ3v) is 4.97. The van der Waals surface area contributed by atoms with Gasteiger partial charge in [-0.1, -0.05) is 32.0 Å². The lowest BCUT2D eigenvalue weighted by molar-refractivity contribution is -0.141. The zero-order valence-corrected chi connectivity index (χ0v) is 13.4. The van der Waals surface area contributed by atoms with Crippen LogP contribution in [-0.2, 0) is 4.79 Å². The first-order valence-corrected chi connectivity index (χ1v) is 8.19. The molecule has 1 saturated heterocycles. The lowest BCUT2D eigenvalue weighted by Gasteiger charge is -2.29. The summed E-state index contributed by atoms with van der Waals surface area (Å²) in [6.07, 6.45) is 0.812. The van der Waals surface area contributed by atoms with Crippen molar-refractivity contribution in [1.29, 1.82) is 0 Å². The van der Waals surface area contributed by atoms with Crippen LogP contribution in [0.15, 0.2) is 24.3 Å². The van der Waals surface area contributed by atoms with E-state index in [1.54, 1.807) is 22.7 Å². The van der Waals surface area contributed by atoms with Gasteiger partial charge in [-0.05, 0) is 30.9 Å². The van der Waals surface area contributed by atoms with Gasteiger partial charge >= 0.3 is 5.97 Å². The van der Waals surface area contributed by atoms with Crippen molar-refractivity contribution in [3.63, 3.8) is 0 Å². The SMILES string of the molecule is Cc1ccccc1C(=O)N1[C@H](CC(C)C)SC[C@@H]1C(=O)O. The summed E-state index contributed by atoms with van der Waals surface area (Å²) in [5.74, 6) is -0.210. The Morgan fingerprint density at radius 3 is 2.62 bits per heavy atom. The highest BCUT2D eigenvalue weighted by atomic mass is 32.2. The quantitative estimate of drug-likeness (QED) is 0.929. The monoisotopic (exact) mass is 307 g/mol. The number of carbonyl (C=O) groups excluding carboxylic acids is 1. The van der Waals surface area contributed by atoms with Gasteiger partial charge in [-0.25, -0.2) is 4.79 Å². The zero-order valence-electron chi connectivity index (χ0n) is 12.6. The normalized spacial score (nSPS) is 21.8. The number of carboxylic acids is 1. The molecule has 0 aliphatic carbocycles. The van der Waals surface area contributed by atoms with Crippen LogP contribution in [0.3, 0.4) is 0 Å². The maximum atomic E-state index is 12.8. The summed E-state index contributed by atoms with van der Waals surface area (Å²) in [5.41, 5.74) is 1.48. The van der Waals surface area contributed by atoms with Gasteiger partial charge in [0.25, 0.3) is 5.91 Å². The standard InChI is InChI=1S/C16H21NO3S/c1-10(2)8-14-17(13(9-21-14)16(19)20)15(18)12-7-5-4-6-11(12)3/h4-7,10,13-14H,8-9H2,1-3H3,(H,19,20)/t13-,14+/m1/s1. The maximum Gasteiger partial charge on any atom is 0.327 e. The average Bonchev–Trinajstić information content (AvgIpc) is 2.81. The number of carboxylic acid groups (broad SMARTS) is 1. The summed E-state index contributed by atoms with van der Waals surface area (Å²) in [5, 5.41) is 9.34. The molecule has 0 spiro atoms. The fourth-order valence-corrected chi connectivity index (χ4v) is 4.19. The molecule has 1 aliphatic heterocycles. The Hall–Kier alpha value is -1.49. The van der Waals surface area contributed by atoms with E-state index in [-0.39, 0.29) is 11.3 Å². The minimum atomic E-state index is -0.921. The molecule has 1 aromatic carbocycles. The Morgan fingerprint density at radius 2 is 2.05 bits per heavy atom. The molecule has 1 fully saturated rings. The van der Waals surface area contributed by atoms with Gasteiger partial charge in [0.2, 0.25) is 0 Å². The molecule has 1 aromatic rings. The van der Waals surface area contributed by atoms with E-state index >= 15 is 0 Å². The summed E-state index contributed by atoms with van der Waals surface area (Å²) in [4.78, 5) is 25.8. The molecular weight excluding hydrogens is 286 g/mol. The second kappa shape index (κ2) is 6.52. The molecule has 0 unspecified atom stereocenters. The molecule has 1 heterocycles. The average molecular weight is 307 g/mol. The molecule has 114 valence electrons. The summed E-state index contributed by atoms with van der Waals surface area (Å²) < 4.78 is 0. The maximum absolute atomic E-state index is 12.8. The number of amides is 1. The van der Waals surface area contributed by atoms with Crippen molar-refractivity contribution in [3.8, 4) is 0 Å². The third kappa shape index (κ3) is 3.40. The topological polar surface area (TPSA) is 57.6 Å². The smallest absolute Gasteiger partial charge is 0.327 e. The minimum absolute atomic E-state index is 0.0572. The van der Waals surface area contributed by atoms with E-state index in [0.29, 0.717) is 17.2 Å². The van der Waals surface area contributed by atoms with Crippen LogP contribution >= 0.6 is 11.8 Å². The number of aliphatic carboxylic acids is 1. The highest BCUT2D eigenvalue weighted by Crippen LogP contribution is 2.35. The van der Waals surface area contributed by atoms with E-state index in [0.717, 1.165) is 12.0 Å². The molecule has 5 heteroatoms. The highest BCUT2D eigenvalue weighted by Gasteiger charge is 2.42. The van der Waals surface area contributed by atoms with Crippen molar-refractivity contribution in [2.45, 2.75) is 38.6 Å². The van der Waals surface area contributed by atoms with Gasteiger partial charge in [0.05, 0.1) is 5.37 Å². The fraction of sp³-hybridized carbons (Fsp3) is 0.500. The van der Waals surface area contributed by atoms with Crippen LogP contribution in [0.2, 0.25) is 0 Å². The highest BCUT2D eigenvalue weighted by molar-refractivity contribution is 8.00. The summed E-state index contributed by atoms with van der Waals surface area (Å²) in [6, 6.07) is 6.61. The molecule has 21 heavy (non-hydrogen) atoms. The van der Waals surface area contributed by atoms with Crippen molar-refractivity contribution in [2.75, 3.05) is 5.75 Å². The largest absolute Gasteiger partial charge is 0.480 e. The predicted molar refractivity (Wildman–Crippen MR) is 84.5 cm³/mol. The molecule has 0 saturated carbocycles. The van der Waals surface area contributed by atoms with E-state index < -0.39 is 12.0 Å². The van der Waals surface area contributed by atoms with Gasteiger partial charge in [0, 0.05) is 11.3 Å². The molecule has 1 N–H and O–H groups in total. The number of nitrogens with zero attached hydrogens (tertiary/aromatic N) is 1. The number of hydrogen-bond acceptors (Lipinski definition) is 3. The Kier molecular flexibility index (Phi) is 4.93.